The molecule has 5 heterocycles. The van der Waals surface area contributed by atoms with Crippen LogP contribution in [-0.4, -0.2) is 51.4 Å². The maximum Gasteiger partial charge on any atom is 0.267 e. The van der Waals surface area contributed by atoms with E-state index in [9.17, 15) is 4.79 Å². The molecule has 6 nitrogen and oxygen atoms in total. The Kier molecular flexibility index (Phi) is 5.87. The van der Waals surface area contributed by atoms with Gasteiger partial charge >= 0.3 is 0 Å². The Hall–Kier alpha value is -2.74. The summed E-state index contributed by atoms with van der Waals surface area (Å²) in [4.78, 5) is 23.6. The van der Waals surface area contributed by atoms with E-state index < -0.39 is 0 Å². The number of hydrogen-bond donors (Lipinski definition) is 0. The van der Waals surface area contributed by atoms with Gasteiger partial charge in [0.05, 0.1) is 23.0 Å². The Morgan fingerprint density at radius 2 is 2.03 bits per heavy atom. The van der Waals surface area contributed by atoms with Crippen molar-refractivity contribution in [3.05, 3.63) is 74.1 Å². The molecular formula is C30H32ClN5OS. The highest BCUT2D eigenvalue weighted by Gasteiger charge is 2.49. The van der Waals surface area contributed by atoms with Gasteiger partial charge in [-0.05, 0) is 87.9 Å². The van der Waals surface area contributed by atoms with Crippen LogP contribution in [-0.2, 0) is 13.0 Å². The lowest BCUT2D eigenvalue weighted by atomic mass is 9.74. The zero-order chi connectivity index (χ0) is 26.0. The van der Waals surface area contributed by atoms with Crippen molar-refractivity contribution < 1.29 is 0 Å². The minimum absolute atomic E-state index is 0.0824. The molecule has 0 radical (unpaired) electrons. The van der Waals surface area contributed by atoms with Crippen molar-refractivity contribution in [3.63, 3.8) is 0 Å². The highest BCUT2D eigenvalue weighted by atomic mass is 35.5. The number of thiophene rings is 1. The van der Waals surface area contributed by atoms with Gasteiger partial charge in [-0.25, -0.2) is 4.68 Å². The molecule has 1 saturated carbocycles. The van der Waals surface area contributed by atoms with Gasteiger partial charge in [0, 0.05) is 63.6 Å². The summed E-state index contributed by atoms with van der Waals surface area (Å²) in [7, 11) is 2.32. The summed E-state index contributed by atoms with van der Waals surface area (Å²) in [5, 5.41) is 5.13. The molecule has 1 aliphatic carbocycles. The number of likely N-dealkylation sites (tertiary alicyclic amines) is 1. The lowest BCUT2D eigenvalue weighted by Crippen LogP contribution is -2.47. The average Bonchev–Trinajstić information content (AvgIpc) is 3.45. The van der Waals surface area contributed by atoms with Crippen LogP contribution in [0.5, 0.6) is 0 Å². The van der Waals surface area contributed by atoms with Crippen LogP contribution in [0.25, 0.3) is 21.3 Å². The monoisotopic (exact) mass is 545 g/mol. The number of fused-ring (bicyclic) bond motifs is 2. The van der Waals surface area contributed by atoms with Crippen LogP contribution in [0, 0.1) is 6.92 Å². The second kappa shape index (κ2) is 9.18. The first-order valence-electron chi connectivity index (χ1n) is 13.6. The number of nitrogens with zero attached hydrogens (tertiary/aromatic N) is 5. The van der Waals surface area contributed by atoms with Crippen molar-refractivity contribution in [3.8, 4) is 11.1 Å². The van der Waals surface area contributed by atoms with E-state index in [1.165, 1.54) is 52.7 Å². The summed E-state index contributed by atoms with van der Waals surface area (Å²) in [5.74, 6) is 0. The molecule has 38 heavy (non-hydrogen) atoms. The molecule has 0 N–H and O–H groups in total. The number of benzene rings is 1. The quantitative estimate of drug-likeness (QED) is 0.319. The maximum atomic E-state index is 12.5. The lowest BCUT2D eigenvalue weighted by molar-refractivity contribution is 0.0801. The van der Waals surface area contributed by atoms with Gasteiger partial charge in [-0.15, -0.1) is 11.3 Å². The van der Waals surface area contributed by atoms with E-state index in [0.717, 1.165) is 51.6 Å². The minimum Gasteiger partial charge on any atom is -0.366 e. The summed E-state index contributed by atoms with van der Waals surface area (Å²) in [6.07, 6.45) is 11.1. The molecule has 1 spiro atoms. The van der Waals surface area contributed by atoms with Crippen LogP contribution in [0.1, 0.15) is 48.1 Å². The third-order valence-electron chi connectivity index (χ3n) is 8.99. The fourth-order valence-corrected chi connectivity index (χ4v) is 8.29. The molecule has 2 fully saturated rings. The molecule has 4 aromatic rings. The van der Waals surface area contributed by atoms with Gasteiger partial charge in [0.2, 0.25) is 0 Å². The molecule has 2 aliphatic heterocycles. The van der Waals surface area contributed by atoms with Gasteiger partial charge in [-0.2, -0.15) is 5.10 Å². The van der Waals surface area contributed by atoms with Crippen LogP contribution in [0.4, 0.5) is 5.69 Å². The SMILES string of the molecule is Cc1cnn(Cc2cc3nccc(-c4cc(Cl)cc5c4N([C@@H]4CN(C)C6(CCC6)C4)CCC5)c3s2)c(=O)c1. The predicted molar refractivity (Wildman–Crippen MR) is 156 cm³/mol. The van der Waals surface area contributed by atoms with E-state index in [2.05, 4.69) is 46.2 Å². The van der Waals surface area contributed by atoms with Gasteiger partial charge < -0.3 is 4.90 Å². The van der Waals surface area contributed by atoms with Crippen molar-refractivity contribution in [2.24, 2.45) is 0 Å². The lowest BCUT2D eigenvalue weighted by Gasteiger charge is -2.44. The number of pyridine rings is 1. The normalized spacial score (nSPS) is 20.7. The van der Waals surface area contributed by atoms with Gasteiger partial charge in [0.1, 0.15) is 0 Å². The van der Waals surface area contributed by atoms with Crippen LogP contribution in [0.15, 0.2) is 47.5 Å². The molecule has 3 aromatic heterocycles. The number of halogens is 1. The van der Waals surface area contributed by atoms with E-state index >= 15 is 0 Å². The van der Waals surface area contributed by atoms with Crippen molar-refractivity contribution in [2.45, 2.75) is 63.6 Å². The first-order valence-corrected chi connectivity index (χ1v) is 14.8. The Morgan fingerprint density at radius 3 is 2.79 bits per heavy atom. The topological polar surface area (TPSA) is 54.3 Å². The molecular weight excluding hydrogens is 514 g/mol. The summed E-state index contributed by atoms with van der Waals surface area (Å²) < 4.78 is 2.66. The molecule has 0 unspecified atom stereocenters. The van der Waals surface area contributed by atoms with Crippen molar-refractivity contribution in [2.75, 3.05) is 25.0 Å². The van der Waals surface area contributed by atoms with Crippen LogP contribution >= 0.6 is 22.9 Å². The van der Waals surface area contributed by atoms with E-state index in [4.69, 9.17) is 16.6 Å². The van der Waals surface area contributed by atoms with Crippen molar-refractivity contribution in [1.29, 1.82) is 0 Å². The summed E-state index contributed by atoms with van der Waals surface area (Å²) in [5.41, 5.74) is 7.24. The third-order valence-corrected chi connectivity index (χ3v) is 10.3. The maximum absolute atomic E-state index is 12.5. The highest BCUT2D eigenvalue weighted by molar-refractivity contribution is 7.19. The summed E-state index contributed by atoms with van der Waals surface area (Å²) in [6.45, 7) is 4.53. The summed E-state index contributed by atoms with van der Waals surface area (Å²) in [6, 6.07) is 10.7. The van der Waals surface area contributed by atoms with E-state index in [1.807, 2.05) is 13.1 Å². The van der Waals surface area contributed by atoms with Crippen LogP contribution in [0.2, 0.25) is 5.02 Å². The van der Waals surface area contributed by atoms with Gasteiger partial charge in [0.15, 0.2) is 0 Å². The second-order valence-corrected chi connectivity index (χ2v) is 13.0. The highest BCUT2D eigenvalue weighted by Crippen LogP contribution is 2.49. The summed E-state index contributed by atoms with van der Waals surface area (Å²) >= 11 is 8.45. The largest absolute Gasteiger partial charge is 0.366 e. The van der Waals surface area contributed by atoms with Gasteiger partial charge in [-0.3, -0.25) is 14.7 Å². The molecule has 1 atom stereocenters. The number of rotatable bonds is 4. The Morgan fingerprint density at radius 1 is 1.16 bits per heavy atom. The number of hydrogen-bond acceptors (Lipinski definition) is 6. The molecule has 3 aliphatic rings. The molecule has 0 amide bonds. The fraction of sp³-hybridized carbons (Fsp3) is 0.433. The van der Waals surface area contributed by atoms with E-state index in [0.29, 0.717) is 18.1 Å². The number of likely N-dealkylation sites (N-methyl/N-ethyl adjacent to an activating group) is 1. The van der Waals surface area contributed by atoms with Crippen molar-refractivity contribution >= 4 is 38.8 Å². The fourth-order valence-electron chi connectivity index (χ4n) is 6.92. The average molecular weight is 546 g/mol. The zero-order valence-corrected chi connectivity index (χ0v) is 23.5. The molecule has 8 heteroatoms. The van der Waals surface area contributed by atoms with Gasteiger partial charge in [0.25, 0.3) is 5.56 Å². The standard InChI is InChI=1S/C30H32ClN5OS/c1-19-11-27(37)36(33-16-19)18-23-14-26-29(38-23)24(6-9-32-26)25-13-21(31)12-20-5-3-10-35(28(20)25)22-15-30(7-4-8-30)34(2)17-22/h6,9,11-14,16,22H,3-5,7-8,10,15,17-18H2,1-2H3/t22-/m0/s1. The Balaban J connectivity index is 1.31. The second-order valence-electron chi connectivity index (χ2n) is 11.4. The first kappa shape index (κ1) is 24.3. The van der Waals surface area contributed by atoms with Crippen LogP contribution < -0.4 is 10.5 Å². The predicted octanol–water partition coefficient (Wildman–Crippen LogP) is 5.91. The Labute approximate surface area is 231 Å². The molecule has 1 saturated heterocycles. The minimum atomic E-state index is -0.0824. The first-order chi connectivity index (χ1) is 18.4. The third kappa shape index (κ3) is 3.98. The molecule has 0 bridgehead atoms. The number of aromatic nitrogens is 3. The zero-order valence-electron chi connectivity index (χ0n) is 21.9. The smallest absolute Gasteiger partial charge is 0.267 e. The number of anilines is 1. The van der Waals surface area contributed by atoms with Crippen LogP contribution in [0.3, 0.4) is 0 Å². The molecule has 7 rings (SSSR count). The van der Waals surface area contributed by atoms with E-state index in [1.54, 1.807) is 23.6 Å². The Bertz CT molecular complexity index is 1610. The van der Waals surface area contributed by atoms with Gasteiger partial charge in [-0.1, -0.05) is 11.6 Å². The number of aryl methyl sites for hydroxylation is 2. The van der Waals surface area contributed by atoms with E-state index in [-0.39, 0.29) is 5.56 Å². The van der Waals surface area contributed by atoms with Crippen molar-refractivity contribution in [1.82, 2.24) is 19.7 Å². The molecule has 1 aromatic carbocycles. The molecule has 196 valence electrons.